The van der Waals surface area contributed by atoms with E-state index in [2.05, 4.69) is 53.8 Å². The molecule has 1 saturated heterocycles. The largest absolute Gasteiger partial charge is 0.326 e. The second-order valence-electron chi connectivity index (χ2n) is 5.57. The molecule has 0 saturated carbocycles. The van der Waals surface area contributed by atoms with Crippen LogP contribution in [0.25, 0.3) is 11.1 Å². The average Bonchev–Trinajstić information content (AvgIpc) is 2.56. The van der Waals surface area contributed by atoms with Gasteiger partial charge in [-0.3, -0.25) is 0 Å². The highest BCUT2D eigenvalue weighted by Crippen LogP contribution is 2.27. The van der Waals surface area contributed by atoms with E-state index in [-0.39, 0.29) is 0 Å². The van der Waals surface area contributed by atoms with Crippen molar-refractivity contribution in [1.82, 2.24) is 5.32 Å². The summed E-state index contributed by atoms with van der Waals surface area (Å²) >= 11 is 0. The molecule has 0 radical (unpaired) electrons. The van der Waals surface area contributed by atoms with Crippen LogP contribution in [-0.2, 0) is 6.54 Å². The number of nitrogens with one attached hydrogen (secondary N) is 1. The Morgan fingerprint density at radius 3 is 2.60 bits per heavy atom. The van der Waals surface area contributed by atoms with Crippen LogP contribution in [0.2, 0.25) is 0 Å². The summed E-state index contributed by atoms with van der Waals surface area (Å²) in [6.45, 7) is 2.88. The van der Waals surface area contributed by atoms with Crippen molar-refractivity contribution < 1.29 is 0 Å². The molecule has 20 heavy (non-hydrogen) atoms. The minimum Gasteiger partial charge on any atom is -0.326 e. The second-order valence-corrected chi connectivity index (χ2v) is 5.57. The summed E-state index contributed by atoms with van der Waals surface area (Å²) in [5, 5.41) is 3.49. The van der Waals surface area contributed by atoms with E-state index >= 15 is 0 Å². The van der Waals surface area contributed by atoms with Crippen LogP contribution < -0.4 is 11.1 Å². The molecule has 1 atom stereocenters. The van der Waals surface area contributed by atoms with Gasteiger partial charge in [0.25, 0.3) is 0 Å². The zero-order chi connectivity index (χ0) is 13.8. The number of piperidine rings is 1. The molecule has 2 aromatic carbocycles. The number of hydrogen-bond acceptors (Lipinski definition) is 2. The third kappa shape index (κ3) is 2.92. The molecule has 0 bridgehead atoms. The van der Waals surface area contributed by atoms with E-state index in [4.69, 9.17) is 5.73 Å². The molecule has 0 amide bonds. The molecule has 1 fully saturated rings. The minimum atomic E-state index is 0.605. The lowest BCUT2D eigenvalue weighted by Crippen LogP contribution is -2.28. The molecular formula is C18H22N2. The zero-order valence-electron chi connectivity index (χ0n) is 11.8. The van der Waals surface area contributed by atoms with Gasteiger partial charge in [0.15, 0.2) is 0 Å². The third-order valence-corrected chi connectivity index (χ3v) is 4.18. The monoisotopic (exact) mass is 266 g/mol. The van der Waals surface area contributed by atoms with Gasteiger partial charge in [-0.1, -0.05) is 48.5 Å². The van der Waals surface area contributed by atoms with E-state index < -0.39 is 0 Å². The number of nitrogens with two attached hydrogens (primary N) is 1. The van der Waals surface area contributed by atoms with E-state index in [1.54, 1.807) is 0 Å². The normalized spacial score (nSPS) is 18.9. The van der Waals surface area contributed by atoms with Gasteiger partial charge in [0, 0.05) is 13.1 Å². The molecule has 104 valence electrons. The van der Waals surface area contributed by atoms with Crippen molar-refractivity contribution in [1.29, 1.82) is 0 Å². The molecule has 1 heterocycles. The predicted octanol–water partition coefficient (Wildman–Crippen LogP) is 3.28. The van der Waals surface area contributed by atoms with Crippen molar-refractivity contribution >= 4 is 0 Å². The molecule has 1 aliphatic rings. The van der Waals surface area contributed by atoms with Gasteiger partial charge >= 0.3 is 0 Å². The van der Waals surface area contributed by atoms with Crippen LogP contribution >= 0.6 is 0 Å². The Bertz CT molecular complexity index is 554. The molecule has 0 aliphatic carbocycles. The minimum absolute atomic E-state index is 0.605. The Morgan fingerprint density at radius 2 is 1.90 bits per heavy atom. The lowest BCUT2D eigenvalue weighted by atomic mass is 9.89. The van der Waals surface area contributed by atoms with Gasteiger partial charge in [-0.05, 0) is 47.6 Å². The van der Waals surface area contributed by atoms with Gasteiger partial charge in [0.2, 0.25) is 0 Å². The van der Waals surface area contributed by atoms with Crippen LogP contribution in [0.15, 0.2) is 48.5 Å². The summed E-state index contributed by atoms with van der Waals surface area (Å²) in [5.41, 5.74) is 10.9. The smallest absolute Gasteiger partial charge is 0.0178 e. The third-order valence-electron chi connectivity index (χ3n) is 4.18. The van der Waals surface area contributed by atoms with Crippen LogP contribution in [-0.4, -0.2) is 13.1 Å². The fourth-order valence-electron chi connectivity index (χ4n) is 2.94. The molecule has 3 rings (SSSR count). The average molecular weight is 266 g/mol. The quantitative estimate of drug-likeness (QED) is 0.894. The van der Waals surface area contributed by atoms with Gasteiger partial charge in [0.1, 0.15) is 0 Å². The van der Waals surface area contributed by atoms with Crippen LogP contribution in [0.3, 0.4) is 0 Å². The molecule has 0 aromatic heterocycles. The van der Waals surface area contributed by atoms with Crippen molar-refractivity contribution in [2.45, 2.75) is 25.3 Å². The van der Waals surface area contributed by atoms with E-state index in [9.17, 15) is 0 Å². The fourth-order valence-corrected chi connectivity index (χ4v) is 2.94. The Morgan fingerprint density at radius 1 is 1.05 bits per heavy atom. The Balaban J connectivity index is 1.85. The lowest BCUT2D eigenvalue weighted by Gasteiger charge is -2.23. The molecule has 2 nitrogen and oxygen atoms in total. The van der Waals surface area contributed by atoms with E-state index in [1.165, 1.54) is 35.1 Å². The first-order valence-corrected chi connectivity index (χ1v) is 7.47. The summed E-state index contributed by atoms with van der Waals surface area (Å²) in [7, 11) is 0. The van der Waals surface area contributed by atoms with E-state index in [0.29, 0.717) is 12.5 Å². The second kappa shape index (κ2) is 6.21. The maximum Gasteiger partial charge on any atom is 0.0178 e. The number of benzene rings is 2. The van der Waals surface area contributed by atoms with Crippen molar-refractivity contribution in [3.63, 3.8) is 0 Å². The van der Waals surface area contributed by atoms with E-state index in [1.807, 2.05) is 0 Å². The summed E-state index contributed by atoms with van der Waals surface area (Å²) in [6.07, 6.45) is 2.57. The van der Waals surface area contributed by atoms with Crippen molar-refractivity contribution in [2.24, 2.45) is 5.73 Å². The first-order valence-electron chi connectivity index (χ1n) is 7.47. The Kier molecular flexibility index (Phi) is 4.14. The molecule has 1 unspecified atom stereocenters. The zero-order valence-corrected chi connectivity index (χ0v) is 11.8. The molecule has 0 spiro atoms. The van der Waals surface area contributed by atoms with Crippen LogP contribution in [0.1, 0.15) is 29.9 Å². The van der Waals surface area contributed by atoms with Crippen LogP contribution in [0.5, 0.6) is 0 Å². The Labute approximate surface area is 121 Å². The van der Waals surface area contributed by atoms with Gasteiger partial charge in [-0.15, -0.1) is 0 Å². The first kappa shape index (κ1) is 13.3. The van der Waals surface area contributed by atoms with Crippen molar-refractivity contribution in [3.05, 3.63) is 59.7 Å². The standard InChI is InChI=1S/C18H22N2/c19-12-14-6-8-15(9-7-14)16-3-1-4-17(11-16)18-5-2-10-20-13-18/h1,3-4,6-9,11,18,20H,2,5,10,12-13,19H2. The molecule has 2 aromatic rings. The molecule has 2 heteroatoms. The van der Waals surface area contributed by atoms with Crippen molar-refractivity contribution in [3.8, 4) is 11.1 Å². The highest BCUT2D eigenvalue weighted by molar-refractivity contribution is 5.64. The number of rotatable bonds is 3. The lowest BCUT2D eigenvalue weighted by molar-refractivity contribution is 0.462. The SMILES string of the molecule is NCc1ccc(-c2cccc(C3CCCNC3)c2)cc1. The van der Waals surface area contributed by atoms with E-state index in [0.717, 1.165) is 13.1 Å². The maximum atomic E-state index is 5.65. The maximum absolute atomic E-state index is 5.65. The van der Waals surface area contributed by atoms with Gasteiger partial charge in [0.05, 0.1) is 0 Å². The fraction of sp³-hybridized carbons (Fsp3) is 0.333. The summed E-state index contributed by atoms with van der Waals surface area (Å²) in [4.78, 5) is 0. The van der Waals surface area contributed by atoms with Crippen LogP contribution in [0, 0.1) is 0 Å². The molecular weight excluding hydrogens is 244 g/mol. The van der Waals surface area contributed by atoms with Crippen LogP contribution in [0.4, 0.5) is 0 Å². The summed E-state index contributed by atoms with van der Waals surface area (Å²) < 4.78 is 0. The van der Waals surface area contributed by atoms with Crippen molar-refractivity contribution in [2.75, 3.05) is 13.1 Å². The first-order chi connectivity index (χ1) is 9.86. The summed E-state index contributed by atoms with van der Waals surface area (Å²) in [5.74, 6) is 0.659. The van der Waals surface area contributed by atoms with Gasteiger partial charge < -0.3 is 11.1 Å². The molecule has 1 aliphatic heterocycles. The highest BCUT2D eigenvalue weighted by atomic mass is 14.9. The molecule has 3 N–H and O–H groups in total. The highest BCUT2D eigenvalue weighted by Gasteiger charge is 2.15. The number of hydrogen-bond donors (Lipinski definition) is 2. The van der Waals surface area contributed by atoms with Gasteiger partial charge in [-0.2, -0.15) is 0 Å². The van der Waals surface area contributed by atoms with Gasteiger partial charge in [-0.25, -0.2) is 0 Å². The topological polar surface area (TPSA) is 38.0 Å². The predicted molar refractivity (Wildman–Crippen MR) is 84.6 cm³/mol. The Hall–Kier alpha value is -1.64. The summed E-state index contributed by atoms with van der Waals surface area (Å²) in [6, 6.07) is 17.5.